The zero-order valence-corrected chi connectivity index (χ0v) is 23.5. The number of piperidine rings is 1. The Balaban J connectivity index is 0.00000190. The number of methoxy groups -OCH3 is 4. The fourth-order valence-corrected chi connectivity index (χ4v) is 6.74. The maximum atomic E-state index is 5.68. The maximum absolute atomic E-state index is 5.68. The maximum Gasteiger partial charge on any atom is 0.161 e. The number of benzene rings is 2. The van der Waals surface area contributed by atoms with Crippen molar-refractivity contribution < 1.29 is 36.8 Å². The Hall–Kier alpha value is -2.19. The van der Waals surface area contributed by atoms with Crippen LogP contribution in [0.25, 0.3) is 0 Å². The fourth-order valence-electron chi connectivity index (χ4n) is 6.74. The van der Waals surface area contributed by atoms with Crippen molar-refractivity contribution in [3.8, 4) is 23.0 Å². The quantitative estimate of drug-likeness (QED) is 0.574. The van der Waals surface area contributed by atoms with Crippen LogP contribution in [-0.2, 0) is 12.8 Å². The van der Waals surface area contributed by atoms with Gasteiger partial charge in [-0.15, -0.1) is 0 Å². The second-order valence-electron chi connectivity index (χ2n) is 10.2. The Morgan fingerprint density at radius 1 is 0.811 bits per heavy atom. The standard InChI is InChI=1S/C29H40N2O4.ClH.H2O/c1-6-18-17-31-10-8-20-14-27(33-3)29(35-5)16-23(20)25(31)12-21(18)11-24-22-15-28(34-4)26(32-2)13-19(22)7-9-30-24;;/h13-16,18,21,24-25,30H,6-12,17H2,1-5H3;1H;1H2/p-1/t18?,21-,24+,25-;;/m0../s1. The van der Waals surface area contributed by atoms with Gasteiger partial charge in [-0.25, -0.2) is 0 Å². The Morgan fingerprint density at radius 3 is 1.97 bits per heavy atom. The van der Waals surface area contributed by atoms with Crippen LogP contribution in [0.4, 0.5) is 0 Å². The van der Waals surface area contributed by atoms with E-state index in [1.54, 1.807) is 28.4 Å². The van der Waals surface area contributed by atoms with E-state index in [1.165, 1.54) is 41.6 Å². The van der Waals surface area contributed by atoms with Gasteiger partial charge in [0.15, 0.2) is 23.0 Å². The number of fused-ring (bicyclic) bond motifs is 4. The highest BCUT2D eigenvalue weighted by molar-refractivity contribution is 5.50. The number of ether oxygens (including phenoxy) is 4. The lowest BCUT2D eigenvalue weighted by molar-refractivity contribution is -0.00000972. The van der Waals surface area contributed by atoms with Gasteiger partial charge in [0.05, 0.1) is 28.4 Å². The lowest BCUT2D eigenvalue weighted by Gasteiger charge is -2.48. The normalized spacial score (nSPS) is 24.4. The summed E-state index contributed by atoms with van der Waals surface area (Å²) < 4.78 is 22.5. The van der Waals surface area contributed by atoms with Gasteiger partial charge in [-0.3, -0.25) is 4.90 Å². The van der Waals surface area contributed by atoms with Crippen molar-refractivity contribution in [3.63, 3.8) is 0 Å². The van der Waals surface area contributed by atoms with Gasteiger partial charge in [0.2, 0.25) is 0 Å². The molecule has 3 aliphatic heterocycles. The molecule has 2 aromatic carbocycles. The van der Waals surface area contributed by atoms with Gasteiger partial charge in [0.25, 0.3) is 0 Å². The van der Waals surface area contributed by atoms with Crippen LogP contribution in [0.2, 0.25) is 0 Å². The Morgan fingerprint density at radius 2 is 1.38 bits per heavy atom. The second kappa shape index (κ2) is 12.6. The van der Waals surface area contributed by atoms with Crippen LogP contribution in [0.15, 0.2) is 24.3 Å². The second-order valence-corrected chi connectivity index (χ2v) is 10.2. The van der Waals surface area contributed by atoms with Gasteiger partial charge in [0.1, 0.15) is 0 Å². The zero-order chi connectivity index (χ0) is 24.5. The summed E-state index contributed by atoms with van der Waals surface area (Å²) in [4.78, 5) is 2.72. The molecule has 0 radical (unpaired) electrons. The molecule has 5 rings (SSSR count). The Bertz CT molecular complexity index is 1060. The van der Waals surface area contributed by atoms with E-state index in [9.17, 15) is 0 Å². The summed E-state index contributed by atoms with van der Waals surface area (Å²) in [5.74, 6) is 4.69. The molecule has 0 aliphatic carbocycles. The minimum absolute atomic E-state index is 0. The van der Waals surface area contributed by atoms with E-state index in [0.29, 0.717) is 23.9 Å². The third kappa shape index (κ3) is 5.51. The Kier molecular flexibility index (Phi) is 9.98. The highest BCUT2D eigenvalue weighted by Crippen LogP contribution is 2.48. The van der Waals surface area contributed by atoms with Crippen molar-refractivity contribution in [3.05, 3.63) is 46.5 Å². The number of nitrogens with zero attached hydrogens (tertiary/aromatic N) is 1. The molecule has 4 atom stereocenters. The van der Waals surface area contributed by atoms with Gasteiger partial charge in [-0.1, -0.05) is 13.3 Å². The Labute approximate surface area is 227 Å². The minimum Gasteiger partial charge on any atom is -1.00 e. The van der Waals surface area contributed by atoms with Crippen LogP contribution in [-0.4, -0.2) is 58.4 Å². The van der Waals surface area contributed by atoms with Crippen LogP contribution >= 0.6 is 0 Å². The molecule has 1 saturated heterocycles. The lowest BCUT2D eigenvalue weighted by atomic mass is 9.72. The molecule has 1 fully saturated rings. The predicted molar refractivity (Wildman–Crippen MR) is 142 cm³/mol. The van der Waals surface area contributed by atoms with E-state index in [2.05, 4.69) is 41.4 Å². The van der Waals surface area contributed by atoms with Crippen LogP contribution in [0, 0.1) is 11.8 Å². The summed E-state index contributed by atoms with van der Waals surface area (Å²) in [5.41, 5.74) is 5.60. The molecule has 206 valence electrons. The number of nitrogens with one attached hydrogen (secondary N) is 1. The molecule has 0 bridgehead atoms. The van der Waals surface area contributed by atoms with Gasteiger partial charge < -0.3 is 42.1 Å². The molecule has 7 nitrogen and oxygen atoms in total. The molecule has 2 aromatic rings. The summed E-state index contributed by atoms with van der Waals surface area (Å²) >= 11 is 0. The van der Waals surface area contributed by atoms with E-state index in [0.717, 1.165) is 55.4 Å². The number of halogens is 1. The number of hydrogen-bond acceptors (Lipinski definition) is 6. The average Bonchev–Trinajstić information content (AvgIpc) is 2.91. The average molecular weight is 534 g/mol. The molecule has 37 heavy (non-hydrogen) atoms. The van der Waals surface area contributed by atoms with Gasteiger partial charge >= 0.3 is 0 Å². The van der Waals surface area contributed by atoms with Crippen molar-refractivity contribution in [1.29, 1.82) is 0 Å². The third-order valence-electron chi connectivity index (χ3n) is 8.64. The fraction of sp³-hybridized carbons (Fsp3) is 0.586. The first-order valence-electron chi connectivity index (χ1n) is 13.1. The van der Waals surface area contributed by atoms with Gasteiger partial charge in [-0.2, -0.15) is 0 Å². The van der Waals surface area contributed by atoms with Crippen molar-refractivity contribution in [2.45, 2.75) is 51.1 Å². The molecule has 0 spiro atoms. The monoisotopic (exact) mass is 533 g/mol. The summed E-state index contributed by atoms with van der Waals surface area (Å²) in [6.07, 6.45) is 5.65. The zero-order valence-electron chi connectivity index (χ0n) is 22.7. The van der Waals surface area contributed by atoms with Gasteiger partial charge in [-0.05, 0) is 90.6 Å². The molecule has 0 aromatic heterocycles. The molecule has 3 heterocycles. The number of hydrogen-bond donors (Lipinski definition) is 1. The molecule has 0 amide bonds. The summed E-state index contributed by atoms with van der Waals surface area (Å²) in [6, 6.07) is 9.61. The molecule has 0 saturated carbocycles. The van der Waals surface area contributed by atoms with Crippen LogP contribution in [0.1, 0.15) is 60.5 Å². The SMILES string of the molecule is CCC1CN2CCc3cc(OC)c(OC)cc3[C@@H]2C[C@@H]1C[C@H]1NCCc2cc(OC)c(OC)cc21.O.[Cl-]. The van der Waals surface area contributed by atoms with E-state index in [4.69, 9.17) is 18.9 Å². The van der Waals surface area contributed by atoms with Crippen molar-refractivity contribution >= 4 is 0 Å². The smallest absolute Gasteiger partial charge is 0.161 e. The van der Waals surface area contributed by atoms with Gasteiger partial charge in [0, 0.05) is 25.2 Å². The molecule has 1 unspecified atom stereocenters. The van der Waals surface area contributed by atoms with E-state index >= 15 is 0 Å². The molecule has 8 heteroatoms. The predicted octanol–water partition coefficient (Wildman–Crippen LogP) is 1.12. The summed E-state index contributed by atoms with van der Waals surface area (Å²) in [6.45, 7) is 5.66. The van der Waals surface area contributed by atoms with Crippen LogP contribution in [0.3, 0.4) is 0 Å². The highest BCUT2D eigenvalue weighted by Gasteiger charge is 2.40. The van der Waals surface area contributed by atoms with Crippen molar-refractivity contribution in [2.24, 2.45) is 11.8 Å². The third-order valence-corrected chi connectivity index (χ3v) is 8.64. The summed E-state index contributed by atoms with van der Waals surface area (Å²) in [7, 11) is 6.90. The van der Waals surface area contributed by atoms with E-state index in [-0.39, 0.29) is 17.9 Å². The van der Waals surface area contributed by atoms with Crippen molar-refractivity contribution in [1.82, 2.24) is 10.2 Å². The topological polar surface area (TPSA) is 83.7 Å². The van der Waals surface area contributed by atoms with E-state index < -0.39 is 0 Å². The number of rotatable bonds is 7. The van der Waals surface area contributed by atoms with Crippen LogP contribution < -0.4 is 36.7 Å². The first-order valence-corrected chi connectivity index (χ1v) is 13.1. The first kappa shape index (κ1) is 29.4. The molecular weight excluding hydrogens is 492 g/mol. The van der Waals surface area contributed by atoms with Crippen LogP contribution in [0.5, 0.6) is 23.0 Å². The first-order chi connectivity index (χ1) is 17.1. The van der Waals surface area contributed by atoms with Crippen molar-refractivity contribution in [2.75, 3.05) is 48.1 Å². The highest BCUT2D eigenvalue weighted by atomic mass is 35.5. The molecule has 3 N–H and O–H groups in total. The minimum atomic E-state index is 0. The molecule has 3 aliphatic rings. The lowest BCUT2D eigenvalue weighted by Crippen LogP contribution is -3.00. The largest absolute Gasteiger partial charge is 1.00 e. The van der Waals surface area contributed by atoms with E-state index in [1.807, 2.05) is 0 Å². The summed E-state index contributed by atoms with van der Waals surface area (Å²) in [5, 5.41) is 3.83. The molecular formula is C29H42ClN2O5-.